The van der Waals surface area contributed by atoms with Crippen molar-refractivity contribution in [3.8, 4) is 11.1 Å². The first-order chi connectivity index (χ1) is 15.6. The van der Waals surface area contributed by atoms with Crippen LogP contribution in [-0.2, 0) is 22.7 Å². The van der Waals surface area contributed by atoms with E-state index in [0.717, 1.165) is 28.8 Å². The monoisotopic (exact) mass is 494 g/mol. The average molecular weight is 495 g/mol. The van der Waals surface area contributed by atoms with Crippen molar-refractivity contribution in [1.82, 2.24) is 9.62 Å². The first-order valence-electron chi connectivity index (χ1n) is 10.4. The summed E-state index contributed by atoms with van der Waals surface area (Å²) in [5.41, 5.74) is 2.24. The van der Waals surface area contributed by atoms with Crippen LogP contribution >= 0.6 is 11.6 Å². The molecule has 1 fully saturated rings. The molecule has 0 aliphatic carbocycles. The summed E-state index contributed by atoms with van der Waals surface area (Å²) in [4.78, 5) is 1.74. The molecule has 0 amide bonds. The molecule has 0 radical (unpaired) electrons. The molecular weight excluding hydrogens is 473 g/mol. The highest BCUT2D eigenvalue weighted by Gasteiger charge is 2.33. The van der Waals surface area contributed by atoms with Crippen LogP contribution in [0.3, 0.4) is 0 Å². The van der Waals surface area contributed by atoms with Crippen LogP contribution in [0.2, 0.25) is 5.02 Å². The first kappa shape index (κ1) is 23.8. The molecule has 1 heterocycles. The van der Waals surface area contributed by atoms with Gasteiger partial charge in [-0.05, 0) is 53.4 Å². The van der Waals surface area contributed by atoms with Crippen LogP contribution in [0, 0.1) is 0 Å². The molecule has 1 saturated heterocycles. The summed E-state index contributed by atoms with van der Waals surface area (Å²) in [6.45, 7) is 1.83. The zero-order chi connectivity index (χ0) is 23.6. The van der Waals surface area contributed by atoms with Gasteiger partial charge >= 0.3 is 6.18 Å². The molecule has 33 heavy (non-hydrogen) atoms. The molecule has 9 heteroatoms. The van der Waals surface area contributed by atoms with Gasteiger partial charge in [-0.2, -0.15) is 13.2 Å². The van der Waals surface area contributed by atoms with Gasteiger partial charge < -0.3 is 0 Å². The van der Waals surface area contributed by atoms with Crippen LogP contribution in [0.25, 0.3) is 11.1 Å². The lowest BCUT2D eigenvalue weighted by atomic mass is 10.0. The van der Waals surface area contributed by atoms with Gasteiger partial charge in [0.05, 0.1) is 10.5 Å². The van der Waals surface area contributed by atoms with Gasteiger partial charge in [-0.1, -0.05) is 54.1 Å². The maximum atomic E-state index is 12.9. The quantitative estimate of drug-likeness (QED) is 0.487. The molecule has 0 aromatic heterocycles. The van der Waals surface area contributed by atoms with E-state index in [1.807, 2.05) is 48.5 Å². The predicted molar refractivity (Wildman–Crippen MR) is 122 cm³/mol. The molecular formula is C24H22ClF3N2O2S. The van der Waals surface area contributed by atoms with E-state index in [4.69, 9.17) is 11.6 Å². The minimum Gasteiger partial charge on any atom is -0.297 e. The predicted octanol–water partition coefficient (Wildman–Crippen LogP) is 5.58. The largest absolute Gasteiger partial charge is 0.416 e. The lowest BCUT2D eigenvalue weighted by Gasteiger charge is -2.17. The molecule has 1 aliphatic heterocycles. The molecule has 1 aliphatic rings. The number of hydrogen-bond acceptors (Lipinski definition) is 3. The van der Waals surface area contributed by atoms with Gasteiger partial charge in [0.1, 0.15) is 0 Å². The van der Waals surface area contributed by atoms with Crippen LogP contribution in [0.5, 0.6) is 0 Å². The second kappa shape index (κ2) is 9.46. The summed E-state index contributed by atoms with van der Waals surface area (Å²) in [5, 5.41) is 0.683. The van der Waals surface area contributed by atoms with Crippen LogP contribution in [0.4, 0.5) is 13.2 Å². The number of sulfonamides is 1. The van der Waals surface area contributed by atoms with Crippen LogP contribution in [0.15, 0.2) is 77.7 Å². The SMILES string of the molecule is O=S(=O)(N[C@@H]1CCN(Cc2ccc(-c3ccc(Cl)cc3)cc2)C1)c1cccc(C(F)(F)F)c1. The molecule has 4 nitrogen and oxygen atoms in total. The summed E-state index contributed by atoms with van der Waals surface area (Å²) >= 11 is 5.94. The highest BCUT2D eigenvalue weighted by Crippen LogP contribution is 2.30. The van der Waals surface area contributed by atoms with Crippen LogP contribution in [0.1, 0.15) is 17.5 Å². The first-order valence-corrected chi connectivity index (χ1v) is 12.2. The van der Waals surface area contributed by atoms with Crippen molar-refractivity contribution in [3.63, 3.8) is 0 Å². The minimum absolute atomic E-state index is 0.363. The van der Waals surface area contributed by atoms with Gasteiger partial charge in [0.25, 0.3) is 0 Å². The molecule has 1 N–H and O–H groups in total. The number of nitrogens with zero attached hydrogens (tertiary/aromatic N) is 1. The van der Waals surface area contributed by atoms with Gasteiger partial charge in [0.15, 0.2) is 0 Å². The van der Waals surface area contributed by atoms with Gasteiger partial charge in [-0.3, -0.25) is 4.90 Å². The molecule has 174 valence electrons. The summed E-state index contributed by atoms with van der Waals surface area (Å²) in [6, 6.07) is 19.2. The van der Waals surface area contributed by atoms with Gasteiger partial charge in [-0.15, -0.1) is 0 Å². The Bertz CT molecular complexity index is 1210. The molecule has 1 atom stereocenters. The molecule has 0 bridgehead atoms. The summed E-state index contributed by atoms with van der Waals surface area (Å²) < 4.78 is 66.6. The molecule has 0 saturated carbocycles. The zero-order valence-electron chi connectivity index (χ0n) is 17.5. The van der Waals surface area contributed by atoms with Gasteiger partial charge in [0, 0.05) is 30.7 Å². The van der Waals surface area contributed by atoms with Crippen LogP contribution in [-0.4, -0.2) is 32.4 Å². The Morgan fingerprint density at radius 1 is 0.970 bits per heavy atom. The van der Waals surface area contributed by atoms with Crippen molar-refractivity contribution in [2.24, 2.45) is 0 Å². The lowest BCUT2D eigenvalue weighted by molar-refractivity contribution is -0.137. The Hall–Kier alpha value is -2.39. The van der Waals surface area contributed by atoms with Gasteiger partial charge in [0.2, 0.25) is 10.0 Å². The fourth-order valence-electron chi connectivity index (χ4n) is 3.90. The Balaban J connectivity index is 1.36. The van der Waals surface area contributed by atoms with Crippen molar-refractivity contribution in [2.75, 3.05) is 13.1 Å². The number of hydrogen-bond donors (Lipinski definition) is 1. The van der Waals surface area contributed by atoms with Crippen molar-refractivity contribution in [3.05, 3.63) is 88.9 Å². The minimum atomic E-state index is -4.60. The average Bonchev–Trinajstić information content (AvgIpc) is 3.20. The Morgan fingerprint density at radius 3 is 2.24 bits per heavy atom. The van der Waals surface area contributed by atoms with E-state index in [9.17, 15) is 21.6 Å². The van der Waals surface area contributed by atoms with Crippen molar-refractivity contribution < 1.29 is 21.6 Å². The van der Waals surface area contributed by atoms with E-state index in [1.54, 1.807) is 0 Å². The van der Waals surface area contributed by atoms with E-state index in [2.05, 4.69) is 9.62 Å². The summed E-state index contributed by atoms with van der Waals surface area (Å²) in [7, 11) is -4.05. The number of nitrogens with one attached hydrogen (secondary N) is 1. The number of likely N-dealkylation sites (tertiary alicyclic amines) is 1. The van der Waals surface area contributed by atoms with E-state index >= 15 is 0 Å². The van der Waals surface area contributed by atoms with Crippen molar-refractivity contribution in [2.45, 2.75) is 30.1 Å². The van der Waals surface area contributed by atoms with E-state index in [1.165, 1.54) is 6.07 Å². The standard InChI is InChI=1S/C24H22ClF3N2O2S/c25-21-10-8-19(9-11-21)18-6-4-17(5-7-18)15-30-13-12-22(16-30)29-33(31,32)23-3-1-2-20(14-23)24(26,27)28/h1-11,14,22,29H,12-13,15-16H2/t22-/m1/s1. The maximum Gasteiger partial charge on any atom is 0.416 e. The highest BCUT2D eigenvalue weighted by atomic mass is 35.5. The second-order valence-corrected chi connectivity index (χ2v) is 10.2. The normalized spacial score (nSPS) is 17.4. The number of alkyl halides is 3. The van der Waals surface area contributed by atoms with Gasteiger partial charge in [-0.25, -0.2) is 13.1 Å². The summed E-state index contributed by atoms with van der Waals surface area (Å²) in [6.07, 6.45) is -4.01. The molecule has 3 aromatic rings. The van der Waals surface area contributed by atoms with E-state index in [0.29, 0.717) is 37.1 Å². The van der Waals surface area contributed by atoms with E-state index < -0.39 is 21.8 Å². The van der Waals surface area contributed by atoms with Crippen molar-refractivity contribution >= 4 is 21.6 Å². The third kappa shape index (κ3) is 5.95. The third-order valence-corrected chi connectivity index (χ3v) is 7.37. The molecule has 4 rings (SSSR count). The van der Waals surface area contributed by atoms with E-state index in [-0.39, 0.29) is 10.9 Å². The fourth-order valence-corrected chi connectivity index (χ4v) is 5.34. The zero-order valence-corrected chi connectivity index (χ0v) is 19.1. The Labute approximate surface area is 196 Å². The summed E-state index contributed by atoms with van der Waals surface area (Å²) in [5.74, 6) is 0. The third-order valence-electron chi connectivity index (χ3n) is 5.60. The highest BCUT2D eigenvalue weighted by molar-refractivity contribution is 7.89. The smallest absolute Gasteiger partial charge is 0.297 e. The number of rotatable bonds is 6. The topological polar surface area (TPSA) is 49.4 Å². The molecule has 0 unspecified atom stereocenters. The lowest BCUT2D eigenvalue weighted by Crippen LogP contribution is -2.37. The Morgan fingerprint density at radius 2 is 1.61 bits per heavy atom. The fraction of sp³-hybridized carbons (Fsp3) is 0.250. The van der Waals surface area contributed by atoms with Crippen LogP contribution < -0.4 is 4.72 Å². The Kier molecular flexibility index (Phi) is 6.81. The second-order valence-electron chi connectivity index (χ2n) is 8.07. The molecule has 3 aromatic carbocycles. The molecule has 0 spiro atoms. The number of benzene rings is 3. The van der Waals surface area contributed by atoms with Crippen molar-refractivity contribution in [1.29, 1.82) is 0 Å². The number of halogens is 4. The maximum absolute atomic E-state index is 12.9.